The summed E-state index contributed by atoms with van der Waals surface area (Å²) in [5.41, 5.74) is -0.830. The van der Waals surface area contributed by atoms with Crippen molar-refractivity contribution in [3.8, 4) is 0 Å². The van der Waals surface area contributed by atoms with Gasteiger partial charge in [-0.1, -0.05) is 13.8 Å². The monoisotopic (exact) mass is 374 g/mol. The molecule has 9 atom stereocenters. The summed E-state index contributed by atoms with van der Waals surface area (Å²) in [6.07, 6.45) is 0.217. The molecule has 1 N–H and O–H groups in total. The third-order valence-corrected chi connectivity index (χ3v) is 8.73. The van der Waals surface area contributed by atoms with Crippen LogP contribution in [0.3, 0.4) is 0 Å². The molecule has 1 heterocycles. The Morgan fingerprint density at radius 1 is 1.15 bits per heavy atom. The maximum absolute atomic E-state index is 13.6. The molecular weight excluding hydrogens is 348 g/mol. The number of aliphatic hydroxyl groups is 1. The summed E-state index contributed by atoms with van der Waals surface area (Å²) in [5.74, 6) is -1.03. The lowest BCUT2D eigenvalue weighted by Crippen LogP contribution is -2.70. The van der Waals surface area contributed by atoms with E-state index in [1.165, 1.54) is 7.11 Å². The Labute approximate surface area is 158 Å². The molecule has 0 radical (unpaired) electrons. The number of Topliss-reactive ketones (excluding diaryl/α,β-unsaturated/α-hetero) is 2. The summed E-state index contributed by atoms with van der Waals surface area (Å²) in [6, 6.07) is 0. The van der Waals surface area contributed by atoms with Crippen molar-refractivity contribution in [2.24, 2.45) is 40.4 Å². The van der Waals surface area contributed by atoms with Crippen molar-refractivity contribution in [1.29, 1.82) is 0 Å². The molecule has 0 spiro atoms. The summed E-state index contributed by atoms with van der Waals surface area (Å²) < 4.78 is 11.3. The van der Waals surface area contributed by atoms with Crippen LogP contribution in [0.4, 0.5) is 0 Å². The first-order valence-electron chi connectivity index (χ1n) is 9.88. The summed E-state index contributed by atoms with van der Waals surface area (Å²) in [6.45, 7) is 5.71. The predicted octanol–water partition coefficient (Wildman–Crippen LogP) is 1.65. The highest BCUT2D eigenvalue weighted by atomic mass is 16.5. The fourth-order valence-corrected chi connectivity index (χ4v) is 7.41. The fraction of sp³-hybridized carbons (Fsp3) is 0.762. The van der Waals surface area contributed by atoms with E-state index in [9.17, 15) is 19.5 Å². The number of ether oxygens (including phenoxy) is 2. The predicted molar refractivity (Wildman–Crippen MR) is 93.1 cm³/mol. The zero-order valence-electron chi connectivity index (χ0n) is 16.2. The highest BCUT2D eigenvalue weighted by Crippen LogP contribution is 2.71. The standard InChI is InChI=1S/C21H26O6/c1-8-11-7-14(22)27-13-6-12-9-5-10(9)15(23)19(25)21(12,3)18(20(11,13)2)16(24)17(8)26-4/h9-13,15,18,23H,5-7H2,1-4H3/t9-,10+,11+,12+,13-,15+,18+,20-,21+/m1/s1. The van der Waals surface area contributed by atoms with E-state index >= 15 is 0 Å². The van der Waals surface area contributed by atoms with Crippen LogP contribution in [-0.2, 0) is 23.9 Å². The van der Waals surface area contributed by atoms with Crippen molar-refractivity contribution < 1.29 is 29.0 Å². The summed E-state index contributed by atoms with van der Waals surface area (Å²) in [5, 5.41) is 10.6. The molecule has 0 bridgehead atoms. The first-order valence-corrected chi connectivity index (χ1v) is 9.88. The Kier molecular flexibility index (Phi) is 3.24. The average Bonchev–Trinajstić information content (AvgIpc) is 3.39. The zero-order valence-corrected chi connectivity index (χ0v) is 16.2. The number of allylic oxidation sites excluding steroid dienone is 2. The van der Waals surface area contributed by atoms with E-state index < -0.39 is 22.9 Å². The van der Waals surface area contributed by atoms with Crippen LogP contribution < -0.4 is 0 Å². The minimum Gasteiger partial charge on any atom is -0.493 e. The molecule has 1 aliphatic heterocycles. The molecule has 5 aliphatic rings. The Hall–Kier alpha value is -1.69. The van der Waals surface area contributed by atoms with Crippen molar-refractivity contribution in [1.82, 2.24) is 0 Å². The van der Waals surface area contributed by atoms with E-state index in [1.54, 1.807) is 0 Å². The maximum Gasteiger partial charge on any atom is 0.306 e. The largest absolute Gasteiger partial charge is 0.493 e. The van der Waals surface area contributed by atoms with Crippen molar-refractivity contribution in [3.05, 3.63) is 11.3 Å². The number of fused-ring (bicyclic) bond motifs is 4. The van der Waals surface area contributed by atoms with E-state index in [2.05, 4.69) is 0 Å². The number of esters is 1. The maximum atomic E-state index is 13.6. The third kappa shape index (κ3) is 1.79. The molecule has 0 aromatic heterocycles. The summed E-state index contributed by atoms with van der Waals surface area (Å²) >= 11 is 0. The van der Waals surface area contributed by atoms with E-state index in [0.717, 1.165) is 12.0 Å². The molecule has 0 unspecified atom stereocenters. The lowest BCUT2D eigenvalue weighted by atomic mass is 9.40. The molecule has 5 rings (SSSR count). The van der Waals surface area contributed by atoms with Gasteiger partial charge in [-0.05, 0) is 43.1 Å². The Morgan fingerprint density at radius 3 is 2.52 bits per heavy atom. The van der Waals surface area contributed by atoms with Crippen LogP contribution in [0.1, 0.15) is 40.0 Å². The number of rotatable bonds is 1. The van der Waals surface area contributed by atoms with Crippen LogP contribution >= 0.6 is 0 Å². The van der Waals surface area contributed by atoms with Gasteiger partial charge < -0.3 is 14.6 Å². The molecule has 4 aliphatic carbocycles. The van der Waals surface area contributed by atoms with Gasteiger partial charge >= 0.3 is 5.97 Å². The molecule has 3 saturated carbocycles. The number of carbonyl (C=O) groups is 3. The summed E-state index contributed by atoms with van der Waals surface area (Å²) in [4.78, 5) is 39.3. The average molecular weight is 374 g/mol. The highest BCUT2D eigenvalue weighted by Gasteiger charge is 2.75. The van der Waals surface area contributed by atoms with Crippen molar-refractivity contribution in [2.45, 2.75) is 52.2 Å². The number of hydrogen-bond acceptors (Lipinski definition) is 6. The second-order valence-corrected chi connectivity index (χ2v) is 9.61. The molecular formula is C21H26O6. The van der Waals surface area contributed by atoms with Gasteiger partial charge in [-0.3, -0.25) is 14.4 Å². The third-order valence-electron chi connectivity index (χ3n) is 8.73. The van der Waals surface area contributed by atoms with Crippen LogP contribution in [-0.4, -0.2) is 42.0 Å². The van der Waals surface area contributed by atoms with Gasteiger partial charge in [0.15, 0.2) is 11.5 Å². The molecule has 0 aromatic rings. The highest BCUT2D eigenvalue weighted by molar-refractivity contribution is 6.04. The van der Waals surface area contributed by atoms with Gasteiger partial charge in [-0.2, -0.15) is 0 Å². The molecule has 146 valence electrons. The zero-order chi connectivity index (χ0) is 19.5. The SMILES string of the molecule is COC1=C(C)[C@@H]2CC(=O)O[C@@H]3C[C@H]4[C@@H]5C[C@@H]5[C@H](O)C(=O)[C@]4(C)[C@@H](C1=O)[C@@]32C. The molecule has 0 aromatic carbocycles. The first-order chi connectivity index (χ1) is 12.7. The molecule has 6 heteroatoms. The Balaban J connectivity index is 1.75. The van der Waals surface area contributed by atoms with E-state index in [0.29, 0.717) is 6.42 Å². The summed E-state index contributed by atoms with van der Waals surface area (Å²) in [7, 11) is 1.47. The number of hydrogen-bond donors (Lipinski definition) is 1. The lowest BCUT2D eigenvalue weighted by molar-refractivity contribution is -0.221. The number of methoxy groups -OCH3 is 1. The van der Waals surface area contributed by atoms with Crippen molar-refractivity contribution >= 4 is 17.5 Å². The van der Waals surface area contributed by atoms with Gasteiger partial charge in [0, 0.05) is 22.7 Å². The first kappa shape index (κ1) is 17.4. The van der Waals surface area contributed by atoms with Crippen LogP contribution in [0.5, 0.6) is 0 Å². The van der Waals surface area contributed by atoms with Crippen molar-refractivity contribution in [2.75, 3.05) is 7.11 Å². The number of carbonyl (C=O) groups excluding carboxylic acids is 3. The van der Waals surface area contributed by atoms with Gasteiger partial charge in [-0.15, -0.1) is 0 Å². The van der Waals surface area contributed by atoms with E-state index in [1.807, 2.05) is 20.8 Å². The lowest BCUT2D eigenvalue weighted by Gasteiger charge is -2.64. The van der Waals surface area contributed by atoms with Gasteiger partial charge in [0.25, 0.3) is 0 Å². The fourth-order valence-electron chi connectivity index (χ4n) is 7.41. The molecule has 4 fully saturated rings. The van der Waals surface area contributed by atoms with Crippen LogP contribution in [0.25, 0.3) is 0 Å². The topological polar surface area (TPSA) is 89.9 Å². The van der Waals surface area contributed by atoms with Crippen LogP contribution in [0.15, 0.2) is 11.3 Å². The van der Waals surface area contributed by atoms with Gasteiger partial charge in [-0.25, -0.2) is 0 Å². The quantitative estimate of drug-likeness (QED) is 0.702. The number of ketones is 2. The van der Waals surface area contributed by atoms with E-state index in [-0.39, 0.29) is 59.5 Å². The minimum atomic E-state index is -0.994. The second-order valence-electron chi connectivity index (χ2n) is 9.61. The Morgan fingerprint density at radius 2 is 1.85 bits per heavy atom. The van der Waals surface area contributed by atoms with Crippen LogP contribution in [0.2, 0.25) is 0 Å². The van der Waals surface area contributed by atoms with Gasteiger partial charge in [0.1, 0.15) is 12.2 Å². The normalized spacial score (nSPS) is 53.2. The van der Waals surface area contributed by atoms with Crippen LogP contribution in [0, 0.1) is 40.4 Å². The molecule has 27 heavy (non-hydrogen) atoms. The van der Waals surface area contributed by atoms with Gasteiger partial charge in [0.2, 0.25) is 5.78 Å². The van der Waals surface area contributed by atoms with Crippen molar-refractivity contribution in [3.63, 3.8) is 0 Å². The molecule has 1 saturated heterocycles. The second kappa shape index (κ2) is 5.02. The number of aliphatic hydroxyl groups excluding tert-OH is 1. The smallest absolute Gasteiger partial charge is 0.306 e. The molecule has 0 amide bonds. The molecule has 6 nitrogen and oxygen atoms in total. The Bertz CT molecular complexity index is 813. The van der Waals surface area contributed by atoms with Gasteiger partial charge in [0.05, 0.1) is 13.5 Å². The minimum absolute atomic E-state index is 0.00659. The van der Waals surface area contributed by atoms with E-state index in [4.69, 9.17) is 9.47 Å².